The molecule has 0 saturated heterocycles. The van der Waals surface area contributed by atoms with Gasteiger partial charge < -0.3 is 19.0 Å². The molecule has 0 atom stereocenters. The number of ether oxygens (including phenoxy) is 1. The Hall–Kier alpha value is -1.11. The van der Waals surface area contributed by atoms with Crippen molar-refractivity contribution in [3.63, 3.8) is 0 Å². The number of benzene rings is 1. The summed E-state index contributed by atoms with van der Waals surface area (Å²) in [5, 5.41) is 0.799. The molecule has 1 heterocycles. The van der Waals surface area contributed by atoms with Crippen molar-refractivity contribution in [2.24, 2.45) is 0 Å². The number of pyridine rings is 1. The van der Waals surface area contributed by atoms with Crippen molar-refractivity contribution in [2.75, 3.05) is 7.11 Å². The van der Waals surface area contributed by atoms with Gasteiger partial charge in [-0.15, -0.1) is 0 Å². The molecule has 0 saturated carbocycles. The van der Waals surface area contributed by atoms with E-state index >= 15 is 0 Å². The second kappa shape index (κ2) is 6.56. The van der Waals surface area contributed by atoms with E-state index in [-0.39, 0.29) is 0 Å². The molecule has 0 unspecified atom stereocenters. The Labute approximate surface area is 125 Å². The molecule has 2 N–H and O–H groups in total. The minimum atomic E-state index is -3.68. The smallest absolute Gasteiger partial charge is 0.375 e. The number of rotatable bonds is 5. The van der Waals surface area contributed by atoms with E-state index in [1.165, 1.54) is 11.8 Å². The molecule has 0 fully saturated rings. The predicted molar refractivity (Wildman–Crippen MR) is 80.7 cm³/mol. The van der Waals surface area contributed by atoms with Gasteiger partial charge >= 0.3 is 6.72 Å². The summed E-state index contributed by atoms with van der Waals surface area (Å²) in [5.41, 5.74) is 0. The van der Waals surface area contributed by atoms with Crippen LogP contribution in [-0.4, -0.2) is 21.9 Å². The summed E-state index contributed by atoms with van der Waals surface area (Å²) >= 11 is 5.86. The van der Waals surface area contributed by atoms with E-state index in [0.29, 0.717) is 11.6 Å². The highest BCUT2D eigenvalue weighted by atomic mass is 32.5. The minimum Gasteiger partial charge on any atom is -0.481 e. The first-order valence-electron chi connectivity index (χ1n) is 5.50. The molecular formula is C12H12NO4PS2. The van der Waals surface area contributed by atoms with Gasteiger partial charge in [-0.25, -0.2) is 4.98 Å². The SMILES string of the molecule is COc1cccc(Sc2ccc(OP(O)(O)=S)cc2)n1. The maximum absolute atomic E-state index is 9.06. The zero-order valence-corrected chi connectivity index (χ0v) is 13.0. The van der Waals surface area contributed by atoms with Crippen molar-refractivity contribution in [1.82, 2.24) is 4.98 Å². The van der Waals surface area contributed by atoms with Gasteiger partial charge in [0.15, 0.2) is 0 Å². The van der Waals surface area contributed by atoms with Crippen LogP contribution >= 0.6 is 18.5 Å². The Bertz CT molecular complexity index is 630. The van der Waals surface area contributed by atoms with Crippen LogP contribution in [0, 0.1) is 0 Å². The molecule has 1 aromatic heterocycles. The number of hydrogen-bond donors (Lipinski definition) is 2. The molecule has 0 radical (unpaired) electrons. The number of hydrogen-bond acceptors (Lipinski definition) is 5. The quantitative estimate of drug-likeness (QED) is 0.817. The molecule has 0 spiro atoms. The summed E-state index contributed by atoms with van der Waals surface area (Å²) in [6.45, 7) is -3.68. The first kappa shape index (κ1) is 15.3. The van der Waals surface area contributed by atoms with E-state index in [1.54, 1.807) is 37.4 Å². The Kier molecular flexibility index (Phi) is 5.01. The van der Waals surface area contributed by atoms with Crippen molar-refractivity contribution in [3.8, 4) is 11.6 Å². The van der Waals surface area contributed by atoms with Crippen molar-refractivity contribution >= 4 is 30.3 Å². The van der Waals surface area contributed by atoms with E-state index in [2.05, 4.69) is 16.8 Å². The van der Waals surface area contributed by atoms with Crippen LogP contribution in [0.4, 0.5) is 0 Å². The van der Waals surface area contributed by atoms with Crippen molar-refractivity contribution < 1.29 is 19.0 Å². The average molecular weight is 329 g/mol. The summed E-state index contributed by atoms with van der Waals surface area (Å²) in [6.07, 6.45) is 0. The van der Waals surface area contributed by atoms with Gasteiger partial charge in [-0.05, 0) is 30.3 Å². The fourth-order valence-electron chi connectivity index (χ4n) is 1.39. The molecule has 5 nitrogen and oxygen atoms in total. The Morgan fingerprint density at radius 2 is 1.85 bits per heavy atom. The molecule has 2 rings (SSSR count). The van der Waals surface area contributed by atoms with Gasteiger partial charge in [0.25, 0.3) is 0 Å². The van der Waals surface area contributed by atoms with Crippen molar-refractivity contribution in [2.45, 2.75) is 9.92 Å². The van der Waals surface area contributed by atoms with Crippen LogP contribution in [0.15, 0.2) is 52.4 Å². The predicted octanol–water partition coefficient (Wildman–Crippen LogP) is 2.83. The van der Waals surface area contributed by atoms with Gasteiger partial charge in [0.05, 0.1) is 7.11 Å². The molecule has 0 aliphatic carbocycles. The van der Waals surface area contributed by atoms with E-state index < -0.39 is 6.72 Å². The molecule has 8 heteroatoms. The highest BCUT2D eigenvalue weighted by Gasteiger charge is 2.10. The van der Waals surface area contributed by atoms with Crippen LogP contribution < -0.4 is 9.26 Å². The third-order valence-electron chi connectivity index (χ3n) is 2.18. The zero-order chi connectivity index (χ0) is 14.6. The number of aromatic nitrogens is 1. The molecule has 1 aromatic carbocycles. The molecule has 0 aliphatic heterocycles. The first-order valence-corrected chi connectivity index (χ1v) is 8.94. The van der Waals surface area contributed by atoms with Crippen molar-refractivity contribution in [1.29, 1.82) is 0 Å². The van der Waals surface area contributed by atoms with Crippen LogP contribution in [0.3, 0.4) is 0 Å². The third kappa shape index (κ3) is 4.77. The van der Waals surface area contributed by atoms with Crippen LogP contribution in [0.25, 0.3) is 0 Å². The Balaban J connectivity index is 2.08. The lowest BCUT2D eigenvalue weighted by atomic mass is 10.3. The molecule has 0 aliphatic rings. The zero-order valence-electron chi connectivity index (χ0n) is 10.5. The average Bonchev–Trinajstić information content (AvgIpc) is 2.40. The standard InChI is InChI=1S/C12H12NO4PS2/c1-16-11-3-2-4-12(13-11)20-10-7-5-9(6-8-10)17-18(14,15)19/h2-8H,1H3,(H2,14,15,19). The topological polar surface area (TPSA) is 71.8 Å². The monoisotopic (exact) mass is 329 g/mol. The third-order valence-corrected chi connectivity index (χ3v) is 3.79. The number of methoxy groups -OCH3 is 1. The summed E-state index contributed by atoms with van der Waals surface area (Å²) < 4.78 is 9.89. The molecule has 0 bridgehead atoms. The van der Waals surface area contributed by atoms with Gasteiger partial charge in [-0.2, -0.15) is 0 Å². The van der Waals surface area contributed by atoms with Gasteiger partial charge in [0.1, 0.15) is 10.8 Å². The Morgan fingerprint density at radius 3 is 2.45 bits per heavy atom. The first-order chi connectivity index (χ1) is 9.46. The second-order valence-electron chi connectivity index (χ2n) is 3.67. The van der Waals surface area contributed by atoms with Crippen LogP contribution in [-0.2, 0) is 11.8 Å². The largest absolute Gasteiger partial charge is 0.481 e. The lowest BCUT2D eigenvalue weighted by molar-refractivity contribution is 0.370. The highest BCUT2D eigenvalue weighted by Crippen LogP contribution is 2.38. The van der Waals surface area contributed by atoms with Gasteiger partial charge in [0.2, 0.25) is 5.88 Å². The van der Waals surface area contributed by atoms with Gasteiger partial charge in [-0.3, -0.25) is 0 Å². The lowest BCUT2D eigenvalue weighted by Gasteiger charge is -2.10. The second-order valence-corrected chi connectivity index (χ2v) is 7.36. The molecule has 2 aromatic rings. The van der Waals surface area contributed by atoms with Crippen LogP contribution in [0.1, 0.15) is 0 Å². The van der Waals surface area contributed by atoms with Crippen LogP contribution in [0.2, 0.25) is 0 Å². The molecule has 0 amide bonds. The molecular weight excluding hydrogens is 317 g/mol. The molecule has 20 heavy (non-hydrogen) atoms. The summed E-state index contributed by atoms with van der Waals surface area (Å²) in [7, 11) is 1.57. The van der Waals surface area contributed by atoms with E-state index in [4.69, 9.17) is 19.0 Å². The van der Waals surface area contributed by atoms with E-state index in [1.807, 2.05) is 12.1 Å². The summed E-state index contributed by atoms with van der Waals surface area (Å²) in [6, 6.07) is 12.3. The molecule has 106 valence electrons. The minimum absolute atomic E-state index is 0.321. The number of nitrogens with zero attached hydrogens (tertiary/aromatic N) is 1. The summed E-state index contributed by atoms with van der Waals surface area (Å²) in [5.74, 6) is 0.873. The fourth-order valence-corrected chi connectivity index (χ4v) is 2.84. The van der Waals surface area contributed by atoms with Gasteiger partial charge in [0, 0.05) is 22.8 Å². The normalized spacial score (nSPS) is 11.2. The van der Waals surface area contributed by atoms with Gasteiger partial charge in [-0.1, -0.05) is 17.8 Å². The van der Waals surface area contributed by atoms with E-state index in [9.17, 15) is 0 Å². The summed E-state index contributed by atoms with van der Waals surface area (Å²) in [4.78, 5) is 23.3. The van der Waals surface area contributed by atoms with Crippen molar-refractivity contribution in [3.05, 3.63) is 42.5 Å². The maximum Gasteiger partial charge on any atom is 0.375 e. The lowest BCUT2D eigenvalue weighted by Crippen LogP contribution is -1.90. The van der Waals surface area contributed by atoms with Crippen LogP contribution in [0.5, 0.6) is 11.6 Å². The highest BCUT2D eigenvalue weighted by molar-refractivity contribution is 8.06. The van der Waals surface area contributed by atoms with E-state index in [0.717, 1.165) is 9.92 Å². The fraction of sp³-hybridized carbons (Fsp3) is 0.0833. The Morgan fingerprint density at radius 1 is 1.15 bits per heavy atom. The maximum atomic E-state index is 9.06.